The van der Waals surface area contributed by atoms with Crippen molar-refractivity contribution in [1.29, 1.82) is 0 Å². The van der Waals surface area contributed by atoms with Gasteiger partial charge in [-0.05, 0) is 19.8 Å². The smallest absolute Gasteiger partial charge is 0.255 e. The fourth-order valence-corrected chi connectivity index (χ4v) is 3.59. The predicted octanol–water partition coefficient (Wildman–Crippen LogP) is 1.64. The Kier molecular flexibility index (Phi) is 3.91. The number of carbonyl (C=O) groups excluding carboxylic acids is 1. The molecule has 1 fully saturated rings. The summed E-state index contributed by atoms with van der Waals surface area (Å²) in [6.07, 6.45) is 7.30. The summed E-state index contributed by atoms with van der Waals surface area (Å²) < 4.78 is 16.6. The number of imidazole rings is 1. The Bertz CT molecular complexity index is 833. The summed E-state index contributed by atoms with van der Waals surface area (Å²) in [4.78, 5) is 20.8. The van der Waals surface area contributed by atoms with Crippen molar-refractivity contribution in [2.24, 2.45) is 5.73 Å². The zero-order chi connectivity index (χ0) is 17.6. The molecular formula is C17H21FN6O. The molecule has 0 saturated heterocycles. The first kappa shape index (κ1) is 16.0. The molecule has 8 heteroatoms. The van der Waals surface area contributed by atoms with Crippen molar-refractivity contribution in [3.63, 3.8) is 0 Å². The quantitative estimate of drug-likeness (QED) is 0.786. The molecule has 0 radical (unpaired) electrons. The van der Waals surface area contributed by atoms with Gasteiger partial charge in [0, 0.05) is 30.4 Å². The Balaban J connectivity index is 1.79. The zero-order valence-electron chi connectivity index (χ0n) is 14.1. The predicted molar refractivity (Wildman–Crippen MR) is 91.1 cm³/mol. The fraction of sp³-hybridized carbons (Fsp3) is 0.471. The average molecular weight is 344 g/mol. The molecule has 1 saturated carbocycles. The van der Waals surface area contributed by atoms with Crippen LogP contribution in [0.25, 0.3) is 5.82 Å². The number of anilines is 1. The van der Waals surface area contributed by atoms with E-state index in [1.165, 1.54) is 0 Å². The van der Waals surface area contributed by atoms with Crippen LogP contribution in [0.5, 0.6) is 0 Å². The fourth-order valence-electron chi connectivity index (χ4n) is 3.59. The molecule has 2 aromatic heterocycles. The van der Waals surface area contributed by atoms with E-state index < -0.39 is 5.82 Å². The first-order valence-electron chi connectivity index (χ1n) is 8.58. The molecule has 4 rings (SSSR count). The highest BCUT2D eigenvalue weighted by molar-refractivity contribution is 6.01. The van der Waals surface area contributed by atoms with Crippen LogP contribution in [0.2, 0.25) is 0 Å². The van der Waals surface area contributed by atoms with Gasteiger partial charge in [-0.15, -0.1) is 0 Å². The van der Waals surface area contributed by atoms with Crippen molar-refractivity contribution < 1.29 is 9.18 Å². The molecule has 0 spiro atoms. The van der Waals surface area contributed by atoms with Crippen molar-refractivity contribution in [2.75, 3.05) is 5.32 Å². The lowest BCUT2D eigenvalue weighted by Gasteiger charge is -2.30. The Hall–Kier alpha value is -2.48. The van der Waals surface area contributed by atoms with Crippen LogP contribution in [0, 0.1) is 12.7 Å². The zero-order valence-corrected chi connectivity index (χ0v) is 14.1. The van der Waals surface area contributed by atoms with Gasteiger partial charge in [-0.2, -0.15) is 0 Å². The van der Waals surface area contributed by atoms with Crippen LogP contribution in [0.4, 0.5) is 10.2 Å². The number of carbonyl (C=O) groups is 1. The minimum absolute atomic E-state index is 0.0174. The largest absolute Gasteiger partial charge is 0.363 e. The SMILES string of the molecule is Cc1cn(-c2nc(N[C@@H]3CCCC[C@@H]3N)c(F)c3c2C(=O)NC3)cn1. The van der Waals surface area contributed by atoms with Crippen molar-refractivity contribution in [1.82, 2.24) is 19.9 Å². The molecule has 0 unspecified atom stereocenters. The van der Waals surface area contributed by atoms with E-state index >= 15 is 0 Å². The first-order chi connectivity index (χ1) is 12.0. The second kappa shape index (κ2) is 6.11. The number of nitrogens with two attached hydrogens (primary N) is 1. The van der Waals surface area contributed by atoms with E-state index in [4.69, 9.17) is 5.73 Å². The van der Waals surface area contributed by atoms with Gasteiger partial charge in [-0.1, -0.05) is 12.8 Å². The molecule has 1 amide bonds. The van der Waals surface area contributed by atoms with Crippen LogP contribution in [-0.2, 0) is 6.54 Å². The minimum Gasteiger partial charge on any atom is -0.363 e. The number of nitrogens with one attached hydrogen (secondary N) is 2. The van der Waals surface area contributed by atoms with Crippen LogP contribution in [0.1, 0.15) is 47.3 Å². The molecule has 4 N–H and O–H groups in total. The van der Waals surface area contributed by atoms with E-state index in [0.29, 0.717) is 11.4 Å². The van der Waals surface area contributed by atoms with Crippen LogP contribution in [0.3, 0.4) is 0 Å². The second-order valence-electron chi connectivity index (χ2n) is 6.76. The van der Waals surface area contributed by atoms with E-state index in [1.807, 2.05) is 6.92 Å². The van der Waals surface area contributed by atoms with Gasteiger partial charge in [-0.3, -0.25) is 9.36 Å². The average Bonchev–Trinajstić information content (AvgIpc) is 3.19. The van der Waals surface area contributed by atoms with E-state index in [1.54, 1.807) is 17.1 Å². The summed E-state index contributed by atoms with van der Waals surface area (Å²) in [5.74, 6) is -0.256. The molecule has 2 atom stereocenters. The van der Waals surface area contributed by atoms with Gasteiger partial charge in [0.2, 0.25) is 0 Å². The molecule has 7 nitrogen and oxygen atoms in total. The third-order valence-electron chi connectivity index (χ3n) is 4.97. The lowest BCUT2D eigenvalue weighted by atomic mass is 9.91. The van der Waals surface area contributed by atoms with Crippen molar-refractivity contribution >= 4 is 11.7 Å². The standard InChI is InChI=1S/C17H21FN6O/c1-9-7-24(8-21-9)16-13-10(6-20-17(13)25)14(18)15(23-16)22-12-5-3-2-4-11(12)19/h7-8,11-12H,2-6,19H2,1H3,(H,20,25)(H,22,23)/t11-,12+/m0/s1. The van der Waals surface area contributed by atoms with Crippen LogP contribution in [-0.4, -0.2) is 32.5 Å². The highest BCUT2D eigenvalue weighted by Crippen LogP contribution is 2.30. The minimum atomic E-state index is -0.480. The molecule has 1 aliphatic heterocycles. The summed E-state index contributed by atoms with van der Waals surface area (Å²) in [6, 6.07) is -0.0434. The summed E-state index contributed by atoms with van der Waals surface area (Å²) in [5.41, 5.74) is 7.58. The number of fused-ring (bicyclic) bond motifs is 1. The van der Waals surface area contributed by atoms with Crippen molar-refractivity contribution in [3.05, 3.63) is 35.2 Å². The van der Waals surface area contributed by atoms with Crippen LogP contribution < -0.4 is 16.4 Å². The summed E-state index contributed by atoms with van der Waals surface area (Å²) in [5, 5.41) is 5.85. The maximum Gasteiger partial charge on any atom is 0.255 e. The van der Waals surface area contributed by atoms with Crippen LogP contribution >= 0.6 is 0 Å². The summed E-state index contributed by atoms with van der Waals surface area (Å²) in [7, 11) is 0. The van der Waals surface area contributed by atoms with Crippen molar-refractivity contribution in [3.8, 4) is 5.82 Å². The van der Waals surface area contributed by atoms with E-state index in [9.17, 15) is 9.18 Å². The van der Waals surface area contributed by atoms with Crippen molar-refractivity contribution in [2.45, 2.75) is 51.2 Å². The number of amides is 1. The van der Waals surface area contributed by atoms with Gasteiger partial charge in [0.25, 0.3) is 5.91 Å². The highest BCUT2D eigenvalue weighted by atomic mass is 19.1. The maximum absolute atomic E-state index is 14.9. The van der Waals surface area contributed by atoms with Gasteiger partial charge in [0.15, 0.2) is 17.5 Å². The number of nitrogens with zero attached hydrogens (tertiary/aromatic N) is 3. The molecule has 2 aromatic rings. The Morgan fingerprint density at radius 2 is 2.20 bits per heavy atom. The Labute approximate surface area is 144 Å². The molecule has 0 aromatic carbocycles. The number of hydrogen-bond acceptors (Lipinski definition) is 5. The normalized spacial score (nSPS) is 22.6. The number of halogens is 1. The van der Waals surface area contributed by atoms with Gasteiger partial charge in [-0.25, -0.2) is 14.4 Å². The van der Waals surface area contributed by atoms with Gasteiger partial charge < -0.3 is 16.4 Å². The Morgan fingerprint density at radius 1 is 1.40 bits per heavy atom. The van der Waals surface area contributed by atoms with E-state index in [0.717, 1.165) is 31.4 Å². The second-order valence-corrected chi connectivity index (χ2v) is 6.76. The maximum atomic E-state index is 14.9. The highest BCUT2D eigenvalue weighted by Gasteiger charge is 2.32. The van der Waals surface area contributed by atoms with E-state index in [-0.39, 0.29) is 35.9 Å². The van der Waals surface area contributed by atoms with Gasteiger partial charge >= 0.3 is 0 Å². The summed E-state index contributed by atoms with van der Waals surface area (Å²) >= 11 is 0. The van der Waals surface area contributed by atoms with Gasteiger partial charge in [0.1, 0.15) is 6.33 Å². The molecular weight excluding hydrogens is 323 g/mol. The van der Waals surface area contributed by atoms with E-state index in [2.05, 4.69) is 20.6 Å². The Morgan fingerprint density at radius 3 is 2.92 bits per heavy atom. The molecule has 0 bridgehead atoms. The number of aromatic nitrogens is 3. The molecule has 2 aliphatic rings. The third kappa shape index (κ3) is 2.76. The number of rotatable bonds is 3. The molecule has 25 heavy (non-hydrogen) atoms. The number of aryl methyl sites for hydroxylation is 1. The first-order valence-corrected chi connectivity index (χ1v) is 8.58. The van der Waals surface area contributed by atoms with Crippen LogP contribution in [0.15, 0.2) is 12.5 Å². The molecule has 3 heterocycles. The molecule has 132 valence electrons. The lowest BCUT2D eigenvalue weighted by Crippen LogP contribution is -2.43. The summed E-state index contributed by atoms with van der Waals surface area (Å²) in [6.45, 7) is 2.01. The molecule has 1 aliphatic carbocycles. The number of hydrogen-bond donors (Lipinski definition) is 3. The lowest BCUT2D eigenvalue weighted by molar-refractivity contribution is 0.0965. The topological polar surface area (TPSA) is 97.9 Å². The number of pyridine rings is 1. The third-order valence-corrected chi connectivity index (χ3v) is 4.97. The monoisotopic (exact) mass is 344 g/mol. The van der Waals surface area contributed by atoms with Gasteiger partial charge in [0.05, 0.1) is 11.3 Å².